The van der Waals surface area contributed by atoms with Crippen LogP contribution in [0.15, 0.2) is 66.7 Å². The van der Waals surface area contributed by atoms with Gasteiger partial charge in [-0.2, -0.15) is 0 Å². The van der Waals surface area contributed by atoms with Gasteiger partial charge in [-0.1, -0.05) is 75.4 Å². The highest BCUT2D eigenvalue weighted by molar-refractivity contribution is 5.84. The van der Waals surface area contributed by atoms with Crippen molar-refractivity contribution in [1.82, 2.24) is 10.2 Å². The molecule has 1 N–H and O–H groups in total. The molecule has 192 valence electrons. The van der Waals surface area contributed by atoms with E-state index in [0.717, 1.165) is 40.8 Å². The van der Waals surface area contributed by atoms with E-state index in [1.165, 1.54) is 11.1 Å². The van der Waals surface area contributed by atoms with Gasteiger partial charge in [0.05, 0.1) is 7.11 Å². The third kappa shape index (κ3) is 5.27. The van der Waals surface area contributed by atoms with Crippen LogP contribution in [0.5, 0.6) is 5.75 Å². The quantitative estimate of drug-likeness (QED) is 0.475. The fourth-order valence-corrected chi connectivity index (χ4v) is 5.48. The molecular formula is C32H36N2O3. The second-order valence-electron chi connectivity index (χ2n) is 11.3. The van der Waals surface area contributed by atoms with Crippen LogP contribution in [0.2, 0.25) is 0 Å². The van der Waals surface area contributed by atoms with Crippen LogP contribution in [0.3, 0.4) is 0 Å². The summed E-state index contributed by atoms with van der Waals surface area (Å²) in [6.07, 6.45) is 1.68. The summed E-state index contributed by atoms with van der Waals surface area (Å²) in [6, 6.07) is 22.7. The fourth-order valence-electron chi connectivity index (χ4n) is 5.48. The number of ether oxygens (including phenoxy) is 1. The fraction of sp³-hybridized carbons (Fsp3) is 0.375. The van der Waals surface area contributed by atoms with E-state index in [0.29, 0.717) is 25.6 Å². The first kappa shape index (κ1) is 25.1. The summed E-state index contributed by atoms with van der Waals surface area (Å²) in [7, 11) is 1.68. The van der Waals surface area contributed by atoms with Crippen molar-refractivity contribution in [3.8, 4) is 16.9 Å². The molecule has 5 heteroatoms. The van der Waals surface area contributed by atoms with E-state index in [1.807, 2.05) is 56.0 Å². The summed E-state index contributed by atoms with van der Waals surface area (Å²) in [5.41, 5.74) is 6.56. The van der Waals surface area contributed by atoms with Crippen molar-refractivity contribution in [2.75, 3.05) is 13.7 Å². The molecule has 3 aromatic carbocycles. The summed E-state index contributed by atoms with van der Waals surface area (Å²) in [5, 5.41) is 3.20. The molecule has 0 spiro atoms. The highest BCUT2D eigenvalue weighted by Gasteiger charge is 2.43. The predicted molar refractivity (Wildman–Crippen MR) is 146 cm³/mol. The van der Waals surface area contributed by atoms with Gasteiger partial charge in [-0.25, -0.2) is 0 Å². The number of fused-ring (bicyclic) bond motifs is 1. The molecule has 2 aliphatic rings. The van der Waals surface area contributed by atoms with Crippen molar-refractivity contribution in [2.45, 2.75) is 52.6 Å². The van der Waals surface area contributed by atoms with E-state index >= 15 is 0 Å². The molecule has 2 atom stereocenters. The zero-order valence-electron chi connectivity index (χ0n) is 22.2. The van der Waals surface area contributed by atoms with Gasteiger partial charge in [0, 0.05) is 31.0 Å². The SMILES string of the molecule is COc1cccc(-c2ccc(CNC(=O)[C@H]3C[C@@H]3c3ccccc3)c3c2CCN(C(=O)C(C)(C)C)C3)c1. The zero-order chi connectivity index (χ0) is 26.2. The Balaban J connectivity index is 1.40. The van der Waals surface area contributed by atoms with E-state index in [9.17, 15) is 9.59 Å². The lowest BCUT2D eigenvalue weighted by Crippen LogP contribution is -2.43. The molecule has 0 radical (unpaired) electrons. The van der Waals surface area contributed by atoms with Crippen molar-refractivity contribution in [3.63, 3.8) is 0 Å². The summed E-state index contributed by atoms with van der Waals surface area (Å²) in [6.45, 7) is 7.63. The Kier molecular flexibility index (Phi) is 6.80. The van der Waals surface area contributed by atoms with Crippen molar-refractivity contribution in [2.24, 2.45) is 11.3 Å². The topological polar surface area (TPSA) is 58.6 Å². The third-order valence-corrected chi connectivity index (χ3v) is 7.63. The number of carbonyl (C=O) groups excluding carboxylic acids is 2. The van der Waals surface area contributed by atoms with Gasteiger partial charge in [0.15, 0.2) is 0 Å². The van der Waals surface area contributed by atoms with Crippen molar-refractivity contribution in [3.05, 3.63) is 89.0 Å². The number of carbonyl (C=O) groups is 2. The normalized spacial score (nSPS) is 18.6. The van der Waals surface area contributed by atoms with E-state index in [1.54, 1.807) is 7.11 Å². The van der Waals surface area contributed by atoms with E-state index in [-0.39, 0.29) is 17.7 Å². The van der Waals surface area contributed by atoms with Crippen molar-refractivity contribution < 1.29 is 14.3 Å². The van der Waals surface area contributed by atoms with Gasteiger partial charge in [-0.15, -0.1) is 0 Å². The van der Waals surface area contributed by atoms with Crippen LogP contribution < -0.4 is 10.1 Å². The number of rotatable bonds is 6. The lowest BCUT2D eigenvalue weighted by molar-refractivity contribution is -0.140. The largest absolute Gasteiger partial charge is 0.497 e. The van der Waals surface area contributed by atoms with Gasteiger partial charge in [0.1, 0.15) is 5.75 Å². The van der Waals surface area contributed by atoms with E-state index in [4.69, 9.17) is 4.74 Å². The van der Waals surface area contributed by atoms with Gasteiger partial charge in [0.25, 0.3) is 0 Å². The average molecular weight is 497 g/mol. The second-order valence-corrected chi connectivity index (χ2v) is 11.3. The number of nitrogens with zero attached hydrogens (tertiary/aromatic N) is 1. The molecule has 3 aromatic rings. The van der Waals surface area contributed by atoms with E-state index < -0.39 is 5.41 Å². The van der Waals surface area contributed by atoms with Crippen LogP contribution in [0.4, 0.5) is 0 Å². The maximum absolute atomic E-state index is 13.2. The Bertz CT molecular complexity index is 1310. The van der Waals surface area contributed by atoms with E-state index in [2.05, 4.69) is 41.7 Å². The van der Waals surface area contributed by atoms with Crippen LogP contribution in [0.1, 0.15) is 55.4 Å². The second kappa shape index (κ2) is 10.0. The van der Waals surface area contributed by atoms with Crippen molar-refractivity contribution in [1.29, 1.82) is 0 Å². The Labute approximate surface area is 219 Å². The molecule has 1 fully saturated rings. The molecule has 2 amide bonds. The molecule has 0 aromatic heterocycles. The first-order valence-electron chi connectivity index (χ1n) is 13.2. The van der Waals surface area contributed by atoms with Gasteiger partial charge in [-0.05, 0) is 64.3 Å². The molecule has 0 bridgehead atoms. The highest BCUT2D eigenvalue weighted by Crippen LogP contribution is 2.47. The summed E-state index contributed by atoms with van der Waals surface area (Å²) in [4.78, 5) is 28.1. The maximum Gasteiger partial charge on any atom is 0.228 e. The van der Waals surface area contributed by atoms with Crippen LogP contribution in [-0.2, 0) is 29.1 Å². The molecule has 5 rings (SSSR count). The molecule has 1 aliphatic carbocycles. The van der Waals surface area contributed by atoms with Crippen molar-refractivity contribution >= 4 is 11.8 Å². The number of nitrogens with one attached hydrogen (secondary N) is 1. The smallest absolute Gasteiger partial charge is 0.228 e. The lowest BCUT2D eigenvalue weighted by atomic mass is 9.86. The van der Waals surface area contributed by atoms with Gasteiger partial charge < -0.3 is 15.0 Å². The number of amides is 2. The molecule has 0 saturated heterocycles. The Morgan fingerprint density at radius 3 is 2.51 bits per heavy atom. The molecule has 37 heavy (non-hydrogen) atoms. The minimum Gasteiger partial charge on any atom is -0.497 e. The van der Waals surface area contributed by atoms with Crippen LogP contribution >= 0.6 is 0 Å². The molecule has 1 aliphatic heterocycles. The van der Waals surface area contributed by atoms with Gasteiger partial charge in [-0.3, -0.25) is 9.59 Å². The number of methoxy groups -OCH3 is 1. The standard InChI is InChI=1S/C32H36N2O3/c1-32(2,3)31(36)34-16-15-26-25(22-11-8-12-24(17-22)37-4)14-13-23(29(26)20-34)19-33-30(35)28-18-27(28)21-9-6-5-7-10-21/h5-14,17,27-28H,15-16,18-20H2,1-4H3,(H,33,35)/t27-,28+/m1/s1. The number of benzene rings is 3. The predicted octanol–water partition coefficient (Wildman–Crippen LogP) is 5.71. The summed E-state index contributed by atoms with van der Waals surface area (Å²) in [5.74, 6) is 1.43. The molecule has 5 nitrogen and oxygen atoms in total. The van der Waals surface area contributed by atoms with Crippen LogP contribution in [0, 0.1) is 11.3 Å². The summed E-state index contributed by atoms with van der Waals surface area (Å²) < 4.78 is 5.46. The Morgan fingerprint density at radius 1 is 1.00 bits per heavy atom. The lowest BCUT2D eigenvalue weighted by Gasteiger charge is -2.35. The Morgan fingerprint density at radius 2 is 1.78 bits per heavy atom. The van der Waals surface area contributed by atoms with Crippen LogP contribution in [-0.4, -0.2) is 30.4 Å². The first-order valence-corrected chi connectivity index (χ1v) is 13.2. The van der Waals surface area contributed by atoms with Gasteiger partial charge in [0.2, 0.25) is 11.8 Å². The minimum absolute atomic E-state index is 0.0354. The number of hydrogen-bond donors (Lipinski definition) is 1. The zero-order valence-corrected chi connectivity index (χ0v) is 22.2. The highest BCUT2D eigenvalue weighted by atomic mass is 16.5. The third-order valence-electron chi connectivity index (χ3n) is 7.63. The number of hydrogen-bond acceptors (Lipinski definition) is 3. The van der Waals surface area contributed by atoms with Gasteiger partial charge >= 0.3 is 0 Å². The van der Waals surface area contributed by atoms with Crippen LogP contribution in [0.25, 0.3) is 11.1 Å². The summed E-state index contributed by atoms with van der Waals surface area (Å²) >= 11 is 0. The average Bonchev–Trinajstić information content (AvgIpc) is 3.72. The monoisotopic (exact) mass is 496 g/mol. The minimum atomic E-state index is -0.436. The molecule has 0 unspecified atom stereocenters. The molecule has 1 heterocycles. The Hall–Kier alpha value is -3.60. The first-order chi connectivity index (χ1) is 17.8. The molecule has 1 saturated carbocycles. The maximum atomic E-state index is 13.2. The molecular weight excluding hydrogens is 460 g/mol.